The monoisotopic (exact) mass is 503 g/mol. The van der Waals surface area contributed by atoms with Crippen molar-refractivity contribution < 1.29 is 33.9 Å². The number of carbonyl (C=O) groups excluding carboxylic acids is 3. The summed E-state index contributed by atoms with van der Waals surface area (Å²) < 4.78 is 3.39. The second kappa shape index (κ2) is 9.95. The van der Waals surface area contributed by atoms with Gasteiger partial charge in [0.15, 0.2) is 10.8 Å². The fraction of sp³-hybridized carbons (Fsp3) is 0.529. The van der Waals surface area contributed by atoms with Gasteiger partial charge < -0.3 is 30.2 Å². The van der Waals surface area contributed by atoms with E-state index in [2.05, 4.69) is 25.5 Å². The number of hydrogen-bond acceptors (Lipinski definition) is 12. The molecular formula is C17H21N5O7S3. The van der Waals surface area contributed by atoms with Gasteiger partial charge in [-0.1, -0.05) is 5.16 Å². The van der Waals surface area contributed by atoms with E-state index in [0.29, 0.717) is 10.9 Å². The van der Waals surface area contributed by atoms with Gasteiger partial charge in [0.25, 0.3) is 5.91 Å². The van der Waals surface area contributed by atoms with Crippen molar-refractivity contribution >= 4 is 69.5 Å². The van der Waals surface area contributed by atoms with Crippen molar-refractivity contribution in [3.8, 4) is 0 Å². The van der Waals surface area contributed by atoms with Gasteiger partial charge in [0.2, 0.25) is 12.5 Å². The molecule has 2 saturated heterocycles. The second-order valence-electron chi connectivity index (χ2n) is 6.70. The lowest BCUT2D eigenvalue weighted by molar-refractivity contribution is -0.151. The quantitative estimate of drug-likeness (QED) is 0.175. The van der Waals surface area contributed by atoms with Crippen molar-refractivity contribution in [2.75, 3.05) is 44.6 Å². The van der Waals surface area contributed by atoms with E-state index in [1.54, 1.807) is 18.7 Å². The SMILES string of the molecule is CNc1nc(C(=NOCC(=O)OC)C(=O)NC2C(=O)N3CC(SC)(C(=O)O)CS[C@H]23)cs1. The maximum absolute atomic E-state index is 12.9. The lowest BCUT2D eigenvalue weighted by Gasteiger charge is -2.53. The number of β-lactam (4-membered cyclic amide) rings is 1. The fourth-order valence-corrected chi connectivity index (χ4v) is 6.18. The van der Waals surface area contributed by atoms with Crippen LogP contribution in [0.25, 0.3) is 0 Å². The predicted octanol–water partition coefficient (Wildman–Crippen LogP) is -0.335. The molecule has 2 fully saturated rings. The van der Waals surface area contributed by atoms with Crippen LogP contribution in [0.4, 0.5) is 5.13 Å². The van der Waals surface area contributed by atoms with E-state index in [1.165, 1.54) is 46.9 Å². The number of carboxylic acids is 1. The Kier molecular flexibility index (Phi) is 7.51. The summed E-state index contributed by atoms with van der Waals surface area (Å²) in [5, 5.41) is 20.5. The molecule has 32 heavy (non-hydrogen) atoms. The minimum atomic E-state index is -1.08. The number of thiazole rings is 1. The number of oxime groups is 1. The van der Waals surface area contributed by atoms with Gasteiger partial charge in [-0.15, -0.1) is 34.9 Å². The van der Waals surface area contributed by atoms with Gasteiger partial charge in [0, 0.05) is 24.7 Å². The Morgan fingerprint density at radius 3 is 2.81 bits per heavy atom. The summed E-state index contributed by atoms with van der Waals surface area (Å²) in [6, 6.07) is -0.839. The summed E-state index contributed by atoms with van der Waals surface area (Å²) in [4.78, 5) is 59.1. The van der Waals surface area contributed by atoms with Crippen LogP contribution in [-0.4, -0.2) is 99.9 Å². The number of thioether (sulfide) groups is 2. The third-order valence-electron chi connectivity index (χ3n) is 4.86. The maximum Gasteiger partial charge on any atom is 0.346 e. The maximum atomic E-state index is 12.9. The van der Waals surface area contributed by atoms with Crippen molar-refractivity contribution in [2.24, 2.45) is 5.16 Å². The molecule has 15 heteroatoms. The average Bonchev–Trinajstić information content (AvgIpc) is 3.28. The molecule has 174 valence electrons. The van der Waals surface area contributed by atoms with Crippen LogP contribution in [0, 0.1) is 0 Å². The summed E-state index contributed by atoms with van der Waals surface area (Å²) >= 11 is 3.72. The molecule has 0 saturated carbocycles. The number of ether oxygens (including phenoxy) is 1. The number of nitrogens with one attached hydrogen (secondary N) is 2. The van der Waals surface area contributed by atoms with Crippen LogP contribution >= 0.6 is 34.9 Å². The zero-order chi connectivity index (χ0) is 23.5. The Balaban J connectivity index is 1.72. The minimum Gasteiger partial charge on any atom is -0.480 e. The lowest BCUT2D eigenvalue weighted by Crippen LogP contribution is -2.74. The highest BCUT2D eigenvalue weighted by Crippen LogP contribution is 2.43. The zero-order valence-electron chi connectivity index (χ0n) is 17.3. The molecule has 3 heterocycles. The van der Waals surface area contributed by atoms with Crippen LogP contribution in [0.3, 0.4) is 0 Å². The molecule has 0 bridgehead atoms. The highest BCUT2D eigenvalue weighted by atomic mass is 32.2. The van der Waals surface area contributed by atoms with Gasteiger partial charge in [-0.2, -0.15) is 0 Å². The molecule has 3 N–H and O–H groups in total. The molecule has 2 aliphatic rings. The van der Waals surface area contributed by atoms with Gasteiger partial charge in [0.05, 0.1) is 7.11 Å². The van der Waals surface area contributed by atoms with Crippen LogP contribution in [-0.2, 0) is 28.8 Å². The number of hydrogen-bond donors (Lipinski definition) is 3. The molecule has 2 amide bonds. The lowest BCUT2D eigenvalue weighted by atomic mass is 10.0. The van der Waals surface area contributed by atoms with Gasteiger partial charge in [0.1, 0.15) is 21.9 Å². The van der Waals surface area contributed by atoms with Gasteiger partial charge in [-0.25, -0.2) is 9.78 Å². The molecule has 0 aromatic carbocycles. The van der Waals surface area contributed by atoms with Gasteiger partial charge in [-0.3, -0.25) is 14.4 Å². The number of anilines is 1. The number of fused-ring (bicyclic) bond motifs is 1. The van der Waals surface area contributed by atoms with Crippen molar-refractivity contribution in [2.45, 2.75) is 16.2 Å². The standard InChI is InChI=1S/C17H21N5O7S3/c1-18-16-19-8(5-31-16)10(21-29-4-9(23)28-2)12(24)20-11-13(25)22-6-17(30-3,15(26)27)7-32-14(11)22/h5,11,14H,4,6-7H2,1-3H3,(H,18,19)(H,20,24)(H,26,27)/t11?,14-,17?/m1/s1. The largest absolute Gasteiger partial charge is 0.480 e. The summed E-state index contributed by atoms with van der Waals surface area (Å²) in [6.07, 6.45) is 1.70. The van der Waals surface area contributed by atoms with E-state index < -0.39 is 35.2 Å². The first-order valence-electron chi connectivity index (χ1n) is 9.18. The van der Waals surface area contributed by atoms with Crippen LogP contribution in [0.2, 0.25) is 0 Å². The van der Waals surface area contributed by atoms with Crippen LogP contribution in [0.15, 0.2) is 10.5 Å². The van der Waals surface area contributed by atoms with Crippen molar-refractivity contribution in [3.05, 3.63) is 11.1 Å². The Bertz CT molecular complexity index is 955. The molecule has 2 unspecified atom stereocenters. The van der Waals surface area contributed by atoms with Crippen LogP contribution in [0.1, 0.15) is 5.69 Å². The summed E-state index contributed by atoms with van der Waals surface area (Å²) in [7, 11) is 2.86. The Labute approximate surface area is 195 Å². The third kappa shape index (κ3) is 4.63. The molecule has 1 aromatic rings. The molecule has 2 aliphatic heterocycles. The molecule has 1 aromatic heterocycles. The highest BCUT2D eigenvalue weighted by Gasteiger charge is 2.57. The molecule has 3 atom stereocenters. The number of aliphatic carboxylic acids is 1. The molecule has 12 nitrogen and oxygen atoms in total. The van der Waals surface area contributed by atoms with E-state index in [9.17, 15) is 24.3 Å². The second-order valence-corrected chi connectivity index (χ2v) is 9.85. The Hall–Kier alpha value is -2.52. The van der Waals surface area contributed by atoms with Gasteiger partial charge >= 0.3 is 11.9 Å². The van der Waals surface area contributed by atoms with Crippen LogP contribution < -0.4 is 10.6 Å². The Morgan fingerprint density at radius 1 is 1.47 bits per heavy atom. The minimum absolute atomic E-state index is 0.0627. The normalized spacial score (nSPS) is 24.8. The van der Waals surface area contributed by atoms with E-state index in [0.717, 1.165) is 0 Å². The summed E-state index contributed by atoms with van der Waals surface area (Å²) in [6.45, 7) is -0.440. The zero-order valence-corrected chi connectivity index (χ0v) is 19.8. The number of aromatic nitrogens is 1. The number of nitrogens with zero attached hydrogens (tertiary/aromatic N) is 3. The fourth-order valence-electron chi connectivity index (χ4n) is 3.01. The van der Waals surface area contributed by atoms with Crippen molar-refractivity contribution in [3.63, 3.8) is 0 Å². The van der Waals surface area contributed by atoms with Gasteiger partial charge in [-0.05, 0) is 6.26 Å². The number of rotatable bonds is 9. The van der Waals surface area contributed by atoms with Crippen LogP contribution in [0.5, 0.6) is 0 Å². The Morgan fingerprint density at radius 2 is 2.22 bits per heavy atom. The summed E-state index contributed by atoms with van der Waals surface area (Å²) in [5.41, 5.74) is -0.00312. The smallest absolute Gasteiger partial charge is 0.346 e. The third-order valence-corrected chi connectivity index (χ3v) is 8.66. The molecule has 0 spiro atoms. The molecule has 0 radical (unpaired) electrons. The van der Waals surface area contributed by atoms with E-state index in [-0.39, 0.29) is 29.2 Å². The summed E-state index contributed by atoms with van der Waals surface area (Å²) in [5.74, 6) is -2.44. The molecule has 3 rings (SSSR count). The first-order valence-corrected chi connectivity index (χ1v) is 12.3. The first kappa shape index (κ1) is 24.1. The highest BCUT2D eigenvalue weighted by molar-refractivity contribution is 8.04. The van der Waals surface area contributed by atoms with E-state index in [1.807, 2.05) is 0 Å². The van der Waals surface area contributed by atoms with Crippen molar-refractivity contribution in [1.29, 1.82) is 0 Å². The molecular weight excluding hydrogens is 482 g/mol. The first-order chi connectivity index (χ1) is 15.3. The number of esters is 1. The number of carbonyl (C=O) groups is 4. The van der Waals surface area contributed by atoms with Crippen molar-refractivity contribution in [1.82, 2.24) is 15.2 Å². The number of amides is 2. The number of methoxy groups -OCH3 is 1. The predicted molar refractivity (Wildman–Crippen MR) is 120 cm³/mol. The topological polar surface area (TPSA) is 160 Å². The number of carboxylic acid groups (broad SMARTS) is 1. The average molecular weight is 504 g/mol. The van der Waals surface area contributed by atoms with E-state index >= 15 is 0 Å². The molecule has 0 aliphatic carbocycles. The van der Waals surface area contributed by atoms with E-state index in [4.69, 9.17) is 4.84 Å².